The van der Waals surface area contributed by atoms with Crippen LogP contribution in [0.25, 0.3) is 10.2 Å². The number of hydrogen-bond donors (Lipinski definition) is 1. The van der Waals surface area contributed by atoms with E-state index in [1.54, 1.807) is 36.6 Å². The van der Waals surface area contributed by atoms with Crippen molar-refractivity contribution in [3.8, 4) is 11.5 Å². The summed E-state index contributed by atoms with van der Waals surface area (Å²) >= 11 is 1.62. The molecule has 0 spiro atoms. The predicted octanol–water partition coefficient (Wildman–Crippen LogP) is 4.26. The molecule has 2 heterocycles. The minimum atomic E-state index is -0.325. The lowest BCUT2D eigenvalue weighted by molar-refractivity contribution is -0.116. The van der Waals surface area contributed by atoms with Crippen LogP contribution >= 0.6 is 11.3 Å². The van der Waals surface area contributed by atoms with E-state index in [1.807, 2.05) is 0 Å². The molecule has 1 aliphatic carbocycles. The Morgan fingerprint density at radius 3 is 2.75 bits per heavy atom. The van der Waals surface area contributed by atoms with E-state index in [0.29, 0.717) is 28.5 Å². The molecule has 4 rings (SSSR count). The fraction of sp³-hybridized carbons (Fsp3) is 0.458. The van der Waals surface area contributed by atoms with E-state index in [4.69, 9.17) is 9.47 Å². The Morgan fingerprint density at radius 1 is 1.28 bits per heavy atom. The van der Waals surface area contributed by atoms with Crippen molar-refractivity contribution in [2.24, 2.45) is 11.3 Å². The van der Waals surface area contributed by atoms with Gasteiger partial charge in [-0.25, -0.2) is 4.98 Å². The Hall–Kier alpha value is -2.87. The van der Waals surface area contributed by atoms with Crippen molar-refractivity contribution in [1.29, 1.82) is 0 Å². The Morgan fingerprint density at radius 2 is 2.06 bits per heavy atom. The molecule has 1 unspecified atom stereocenters. The molecule has 8 heteroatoms. The summed E-state index contributed by atoms with van der Waals surface area (Å²) in [5, 5.41) is 3.49. The summed E-state index contributed by atoms with van der Waals surface area (Å²) in [4.78, 5) is 32.5. The van der Waals surface area contributed by atoms with Crippen LogP contribution in [0.15, 0.2) is 29.3 Å². The molecular weight excluding hydrogens is 426 g/mol. The Balaban J connectivity index is 1.58. The van der Waals surface area contributed by atoms with Crippen molar-refractivity contribution in [3.63, 3.8) is 0 Å². The van der Waals surface area contributed by atoms with Crippen molar-refractivity contribution < 1.29 is 14.3 Å². The number of nitrogens with zero attached hydrogens (tertiary/aromatic N) is 2. The Kier molecular flexibility index (Phi) is 5.99. The van der Waals surface area contributed by atoms with Crippen molar-refractivity contribution in [2.45, 2.75) is 46.6 Å². The number of thiophene rings is 1. The number of carbonyl (C=O) groups excluding carboxylic acids is 1. The summed E-state index contributed by atoms with van der Waals surface area (Å²) < 4.78 is 11.9. The predicted molar refractivity (Wildman–Crippen MR) is 127 cm³/mol. The van der Waals surface area contributed by atoms with Gasteiger partial charge in [0.1, 0.15) is 22.9 Å². The average molecular weight is 456 g/mol. The summed E-state index contributed by atoms with van der Waals surface area (Å²) in [7, 11) is 3.09. The van der Waals surface area contributed by atoms with Crippen LogP contribution in [0.3, 0.4) is 0 Å². The second-order valence-electron chi connectivity index (χ2n) is 9.28. The lowest BCUT2D eigenvalue weighted by Crippen LogP contribution is -2.29. The number of aromatic nitrogens is 2. The van der Waals surface area contributed by atoms with Crippen LogP contribution < -0.4 is 20.3 Å². The van der Waals surface area contributed by atoms with Crippen molar-refractivity contribution in [1.82, 2.24) is 9.55 Å². The molecule has 3 aromatic rings. The molecular formula is C24H29N3O4S. The minimum Gasteiger partial charge on any atom is -0.497 e. The lowest BCUT2D eigenvalue weighted by Gasteiger charge is -2.33. The highest BCUT2D eigenvalue weighted by molar-refractivity contribution is 7.18. The van der Waals surface area contributed by atoms with Crippen LogP contribution in [0.5, 0.6) is 11.5 Å². The second-order valence-corrected chi connectivity index (χ2v) is 10.4. The number of aryl methyl sites for hydroxylation is 1. The standard InChI is InChI=1S/C24H29N3O4S/c1-24(2,3)14-6-8-16-19(10-14)32-22-21(16)23(29)27(13-25-22)12-20(28)26-17-9-7-15(30-4)11-18(17)31-5/h7,9,11,13-14H,6,8,10,12H2,1-5H3,(H,26,28). The molecule has 0 fully saturated rings. The van der Waals surface area contributed by atoms with Gasteiger partial charge in [0.2, 0.25) is 5.91 Å². The van der Waals surface area contributed by atoms with Crippen molar-refractivity contribution >= 4 is 33.1 Å². The minimum absolute atomic E-state index is 0.119. The van der Waals surface area contributed by atoms with E-state index in [1.165, 1.54) is 22.9 Å². The van der Waals surface area contributed by atoms with Gasteiger partial charge in [-0.05, 0) is 48.3 Å². The summed E-state index contributed by atoms with van der Waals surface area (Å²) in [6.45, 7) is 6.71. The molecule has 1 atom stereocenters. The third kappa shape index (κ3) is 4.24. The van der Waals surface area contributed by atoms with Gasteiger partial charge in [-0.1, -0.05) is 20.8 Å². The normalized spacial score (nSPS) is 16.0. The van der Waals surface area contributed by atoms with E-state index in [0.717, 1.165) is 29.7 Å². The van der Waals surface area contributed by atoms with Gasteiger partial charge in [0.15, 0.2) is 0 Å². The first-order chi connectivity index (χ1) is 15.2. The smallest absolute Gasteiger partial charge is 0.262 e. The highest BCUT2D eigenvalue weighted by atomic mass is 32.1. The largest absolute Gasteiger partial charge is 0.497 e. The molecule has 0 saturated carbocycles. The number of anilines is 1. The summed E-state index contributed by atoms with van der Waals surface area (Å²) in [6.07, 6.45) is 4.40. The van der Waals surface area contributed by atoms with E-state index >= 15 is 0 Å². The Labute approximate surface area is 191 Å². The van der Waals surface area contributed by atoms with E-state index in [-0.39, 0.29) is 23.4 Å². The zero-order valence-electron chi connectivity index (χ0n) is 19.2. The molecule has 1 aromatic carbocycles. The van der Waals surface area contributed by atoms with Gasteiger partial charge >= 0.3 is 0 Å². The number of rotatable bonds is 5. The average Bonchev–Trinajstić information content (AvgIpc) is 3.14. The van der Waals surface area contributed by atoms with E-state index in [2.05, 4.69) is 31.1 Å². The first-order valence-electron chi connectivity index (χ1n) is 10.7. The number of hydrogen-bond acceptors (Lipinski definition) is 6. The first kappa shape index (κ1) is 22.3. The van der Waals surface area contributed by atoms with Gasteiger partial charge in [-0.15, -0.1) is 11.3 Å². The van der Waals surface area contributed by atoms with Gasteiger partial charge in [-0.2, -0.15) is 0 Å². The van der Waals surface area contributed by atoms with Crippen LogP contribution in [-0.2, 0) is 24.2 Å². The molecule has 0 radical (unpaired) electrons. The molecule has 1 amide bonds. The SMILES string of the molecule is COc1ccc(NC(=O)Cn2cnc3sc4c(c3c2=O)CCC(C(C)(C)C)C4)c(OC)c1. The number of ether oxygens (including phenoxy) is 2. The summed E-state index contributed by atoms with van der Waals surface area (Å²) in [5.41, 5.74) is 1.72. The van der Waals surface area contributed by atoms with Gasteiger partial charge < -0.3 is 14.8 Å². The van der Waals surface area contributed by atoms with Crippen molar-refractivity contribution in [2.75, 3.05) is 19.5 Å². The fourth-order valence-corrected chi connectivity index (χ4v) is 5.56. The lowest BCUT2D eigenvalue weighted by atomic mass is 9.72. The molecule has 32 heavy (non-hydrogen) atoms. The third-order valence-corrected chi connectivity index (χ3v) is 7.42. The van der Waals surface area contributed by atoms with Crippen LogP contribution in [-0.4, -0.2) is 29.7 Å². The Bertz CT molecular complexity index is 1220. The maximum absolute atomic E-state index is 13.2. The molecule has 1 aliphatic rings. The highest BCUT2D eigenvalue weighted by Crippen LogP contribution is 2.42. The molecule has 1 N–H and O–H groups in total. The van der Waals surface area contributed by atoms with Gasteiger partial charge in [0.05, 0.1) is 31.6 Å². The van der Waals surface area contributed by atoms with Crippen LogP contribution in [0.2, 0.25) is 0 Å². The van der Waals surface area contributed by atoms with Gasteiger partial charge in [-0.3, -0.25) is 14.2 Å². The molecule has 0 saturated heterocycles. The molecule has 2 aromatic heterocycles. The molecule has 0 bridgehead atoms. The maximum Gasteiger partial charge on any atom is 0.262 e. The number of methoxy groups -OCH3 is 2. The summed E-state index contributed by atoms with van der Waals surface area (Å²) in [5.74, 6) is 1.38. The maximum atomic E-state index is 13.2. The van der Waals surface area contributed by atoms with Gasteiger partial charge in [0, 0.05) is 10.9 Å². The topological polar surface area (TPSA) is 82.5 Å². The number of fused-ring (bicyclic) bond motifs is 3. The number of amides is 1. The van der Waals surface area contributed by atoms with Gasteiger partial charge in [0.25, 0.3) is 5.56 Å². The van der Waals surface area contributed by atoms with Crippen molar-refractivity contribution in [3.05, 3.63) is 45.3 Å². The molecule has 0 aliphatic heterocycles. The third-order valence-electron chi connectivity index (χ3n) is 6.26. The zero-order chi connectivity index (χ0) is 23.0. The highest BCUT2D eigenvalue weighted by Gasteiger charge is 2.31. The van der Waals surface area contributed by atoms with E-state index in [9.17, 15) is 9.59 Å². The number of carbonyl (C=O) groups is 1. The van der Waals surface area contributed by atoms with Crippen LogP contribution in [0.1, 0.15) is 37.6 Å². The van der Waals surface area contributed by atoms with Crippen LogP contribution in [0.4, 0.5) is 5.69 Å². The first-order valence-corrected chi connectivity index (χ1v) is 11.5. The summed E-state index contributed by atoms with van der Waals surface area (Å²) in [6, 6.07) is 5.14. The fourth-order valence-electron chi connectivity index (χ4n) is 4.30. The monoisotopic (exact) mass is 455 g/mol. The quantitative estimate of drug-likeness (QED) is 0.621. The van der Waals surface area contributed by atoms with Crippen LogP contribution in [0, 0.1) is 11.3 Å². The molecule has 7 nitrogen and oxygen atoms in total. The number of nitrogens with one attached hydrogen (secondary N) is 1. The molecule has 170 valence electrons. The number of benzene rings is 1. The van der Waals surface area contributed by atoms with E-state index < -0.39 is 0 Å². The zero-order valence-corrected chi connectivity index (χ0v) is 20.0. The second kappa shape index (κ2) is 8.58.